The highest BCUT2D eigenvalue weighted by Crippen LogP contribution is 2.52. The van der Waals surface area contributed by atoms with Gasteiger partial charge in [-0.15, -0.1) is 0 Å². The summed E-state index contributed by atoms with van der Waals surface area (Å²) >= 11 is 0. The van der Waals surface area contributed by atoms with Crippen LogP contribution in [0.4, 0.5) is 5.82 Å². The zero-order valence-corrected chi connectivity index (χ0v) is 25.0. The largest absolute Gasteiger partial charge is 0.481 e. The van der Waals surface area contributed by atoms with E-state index in [-0.39, 0.29) is 29.4 Å². The minimum Gasteiger partial charge on any atom is -0.481 e. The maximum atomic E-state index is 13.2. The number of hydrogen-bond donors (Lipinski definition) is 3. The molecule has 0 bridgehead atoms. The van der Waals surface area contributed by atoms with Gasteiger partial charge in [0.05, 0.1) is 34.6 Å². The van der Waals surface area contributed by atoms with Gasteiger partial charge in [0.15, 0.2) is 5.82 Å². The Labute approximate surface area is 249 Å². The van der Waals surface area contributed by atoms with E-state index in [1.807, 2.05) is 20.8 Å². The van der Waals surface area contributed by atoms with E-state index in [1.165, 1.54) is 11.1 Å². The van der Waals surface area contributed by atoms with Crippen molar-refractivity contribution in [3.63, 3.8) is 0 Å². The third-order valence-electron chi connectivity index (χ3n) is 7.98. The predicted molar refractivity (Wildman–Crippen MR) is 163 cm³/mol. The highest BCUT2D eigenvalue weighted by atomic mass is 32.2. The van der Waals surface area contributed by atoms with Crippen LogP contribution in [0.25, 0.3) is 0 Å². The van der Waals surface area contributed by atoms with Crippen LogP contribution in [0, 0.1) is 17.3 Å². The van der Waals surface area contributed by atoms with Crippen LogP contribution < -0.4 is 20.1 Å². The van der Waals surface area contributed by atoms with Crippen LogP contribution >= 0.6 is 0 Å². The number of carbonyl (C=O) groups is 1. The van der Waals surface area contributed by atoms with Crippen molar-refractivity contribution in [3.05, 3.63) is 82.8 Å². The van der Waals surface area contributed by atoms with E-state index >= 15 is 0 Å². The number of anilines is 1. The predicted octanol–water partition coefficient (Wildman–Crippen LogP) is 3.43. The number of aliphatic hydroxyl groups excluding tert-OH is 1. The second kappa shape index (κ2) is 12.2. The summed E-state index contributed by atoms with van der Waals surface area (Å²) in [5.41, 5.74) is 9.11. The molecule has 220 valence electrons. The summed E-state index contributed by atoms with van der Waals surface area (Å²) in [6.07, 6.45) is 4.34. The zero-order chi connectivity index (χ0) is 29.9. The van der Waals surface area contributed by atoms with Gasteiger partial charge in [-0.1, -0.05) is 36.3 Å². The highest BCUT2D eigenvalue weighted by molar-refractivity contribution is 7.84. The van der Waals surface area contributed by atoms with Crippen LogP contribution in [0.2, 0.25) is 0 Å². The molecule has 1 aromatic heterocycles. The summed E-state index contributed by atoms with van der Waals surface area (Å²) in [5.74, 6) is 6.47. The molecule has 2 aliphatic rings. The molecule has 0 radical (unpaired) electrons. The minimum atomic E-state index is -1.19. The molecule has 2 atom stereocenters. The van der Waals surface area contributed by atoms with Crippen molar-refractivity contribution < 1.29 is 18.8 Å². The Morgan fingerprint density at radius 2 is 1.98 bits per heavy atom. The number of benzene rings is 2. The lowest BCUT2D eigenvalue weighted by atomic mass is 9.73. The van der Waals surface area contributed by atoms with Crippen LogP contribution in [0.5, 0.6) is 5.75 Å². The summed E-state index contributed by atoms with van der Waals surface area (Å²) in [5, 5.41) is 10.1. The number of carbonyl (C=O) groups excluding carboxylic acids is 1. The number of fused-ring (bicyclic) bond motifs is 1. The lowest BCUT2D eigenvalue weighted by molar-refractivity contribution is 0.1000. The van der Waals surface area contributed by atoms with E-state index < -0.39 is 16.9 Å². The molecule has 1 aliphatic carbocycles. The Kier molecular flexibility index (Phi) is 8.64. The van der Waals surface area contributed by atoms with E-state index in [2.05, 4.69) is 55.7 Å². The van der Waals surface area contributed by atoms with Crippen LogP contribution in [0.3, 0.4) is 0 Å². The molecule has 1 spiro atoms. The average Bonchev–Trinajstić information content (AvgIpc) is 3.27. The molecule has 2 heterocycles. The van der Waals surface area contributed by atoms with E-state index in [9.17, 15) is 14.1 Å². The minimum absolute atomic E-state index is 0.0115. The van der Waals surface area contributed by atoms with Gasteiger partial charge < -0.3 is 20.5 Å². The molecule has 1 unspecified atom stereocenters. The number of ether oxygens (including phenoxy) is 1. The number of nitrogens with two attached hydrogens (primary N) is 1. The summed E-state index contributed by atoms with van der Waals surface area (Å²) < 4.78 is 21.9. The number of rotatable bonds is 7. The fourth-order valence-electron chi connectivity index (χ4n) is 5.73. The maximum Gasteiger partial charge on any atom is 0.248 e. The number of hydrogen-bond acceptors (Lipinski definition) is 7. The summed E-state index contributed by atoms with van der Waals surface area (Å²) in [7, 11) is -1.19. The van der Waals surface area contributed by atoms with Crippen LogP contribution in [0.1, 0.15) is 72.5 Å². The highest BCUT2D eigenvalue weighted by Gasteiger charge is 2.49. The molecule has 42 heavy (non-hydrogen) atoms. The molecule has 2 aromatic carbocycles. The van der Waals surface area contributed by atoms with Crippen LogP contribution in [0.15, 0.2) is 54.7 Å². The molecule has 1 amide bonds. The van der Waals surface area contributed by atoms with Crippen molar-refractivity contribution in [1.82, 2.24) is 14.7 Å². The fraction of sp³-hybridized carbons (Fsp3) is 0.406. The molecule has 9 nitrogen and oxygen atoms in total. The first-order chi connectivity index (χ1) is 20.1. The number of primary amides is 1. The average molecular weight is 588 g/mol. The Morgan fingerprint density at radius 3 is 2.69 bits per heavy atom. The SMILES string of the molecule is CC(C)(C)S(=O)N[C@@H]1c2ccccc2CC12CCN(c1ncc(C#CCOc3cccc(C(N)=O)c3)nc1CO)CC2. The van der Waals surface area contributed by atoms with Gasteiger partial charge in [-0.05, 0) is 80.7 Å². The van der Waals surface area contributed by atoms with Crippen LogP contribution in [-0.4, -0.2) is 49.6 Å². The van der Waals surface area contributed by atoms with Gasteiger partial charge in [0.1, 0.15) is 23.7 Å². The molecule has 1 aliphatic heterocycles. The Morgan fingerprint density at radius 1 is 1.21 bits per heavy atom. The number of amides is 1. The third-order valence-corrected chi connectivity index (χ3v) is 9.54. The number of aliphatic hydroxyl groups is 1. The Hall–Kier alpha value is -3.78. The maximum absolute atomic E-state index is 13.2. The molecule has 1 saturated heterocycles. The van der Waals surface area contributed by atoms with Gasteiger partial charge in [-0.2, -0.15) is 0 Å². The first-order valence-corrected chi connectivity index (χ1v) is 15.2. The third kappa shape index (κ3) is 6.33. The van der Waals surface area contributed by atoms with Crippen molar-refractivity contribution in [1.29, 1.82) is 0 Å². The fourth-order valence-corrected chi connectivity index (χ4v) is 6.67. The van der Waals surface area contributed by atoms with Gasteiger partial charge in [0.25, 0.3) is 0 Å². The summed E-state index contributed by atoms with van der Waals surface area (Å²) in [4.78, 5) is 22.7. The molecule has 4 N–H and O–H groups in total. The number of piperidine rings is 1. The molecule has 0 saturated carbocycles. The van der Waals surface area contributed by atoms with E-state index in [4.69, 9.17) is 10.5 Å². The molecule has 10 heteroatoms. The molecular formula is C32H37N5O4S. The lowest BCUT2D eigenvalue weighted by Gasteiger charge is -2.44. The lowest BCUT2D eigenvalue weighted by Crippen LogP contribution is -2.48. The smallest absolute Gasteiger partial charge is 0.248 e. The first kappa shape index (κ1) is 29.7. The van der Waals surface area contributed by atoms with Crippen molar-refractivity contribution >= 4 is 22.7 Å². The first-order valence-electron chi connectivity index (χ1n) is 14.1. The number of aromatic nitrogens is 2. The van der Waals surface area contributed by atoms with E-state index in [0.717, 1.165) is 32.4 Å². The molecule has 3 aromatic rings. The standard InChI is InChI=1S/C32H37N5O4S/c1-31(2,3)42(40)36-28-26-12-5-4-8-23(26)19-32(28)13-15-37(16-14-32)30-27(21-38)35-24(20-34-30)10-7-17-41-25-11-6-9-22(18-25)29(33)39/h4-6,8-9,11-12,18,20,28,36,38H,13-17,19,21H2,1-3H3,(H2,33,39)/t28-,42?/m1/s1. The second-order valence-electron chi connectivity index (χ2n) is 11.8. The molecule has 1 fully saturated rings. The Balaban J connectivity index is 1.26. The topological polar surface area (TPSA) is 131 Å². The van der Waals surface area contributed by atoms with Gasteiger partial charge in [-0.3, -0.25) is 4.79 Å². The normalized spacial score (nSPS) is 18.2. The zero-order valence-electron chi connectivity index (χ0n) is 24.2. The van der Waals surface area contributed by atoms with E-state index in [1.54, 1.807) is 30.5 Å². The second-order valence-corrected chi connectivity index (χ2v) is 13.8. The van der Waals surface area contributed by atoms with Crippen molar-refractivity contribution in [2.45, 2.75) is 57.4 Å². The monoisotopic (exact) mass is 587 g/mol. The summed E-state index contributed by atoms with van der Waals surface area (Å²) in [6, 6.07) is 15.1. The number of nitrogens with one attached hydrogen (secondary N) is 1. The van der Waals surface area contributed by atoms with Crippen molar-refractivity contribution in [2.75, 3.05) is 24.6 Å². The summed E-state index contributed by atoms with van der Waals surface area (Å²) in [6.45, 7) is 7.31. The molecular weight excluding hydrogens is 550 g/mol. The van der Waals surface area contributed by atoms with Crippen LogP contribution in [-0.2, 0) is 24.0 Å². The quantitative estimate of drug-likeness (QED) is 0.361. The Bertz CT molecular complexity index is 1550. The molecule has 5 rings (SSSR count). The van der Waals surface area contributed by atoms with Gasteiger partial charge in [0.2, 0.25) is 5.91 Å². The van der Waals surface area contributed by atoms with Crippen molar-refractivity contribution in [2.24, 2.45) is 11.1 Å². The number of nitrogens with zero attached hydrogens (tertiary/aromatic N) is 3. The van der Waals surface area contributed by atoms with Crippen molar-refractivity contribution in [3.8, 4) is 17.6 Å². The van der Waals surface area contributed by atoms with Gasteiger partial charge >= 0.3 is 0 Å². The van der Waals surface area contributed by atoms with Gasteiger partial charge in [-0.25, -0.2) is 18.9 Å². The van der Waals surface area contributed by atoms with E-state index in [0.29, 0.717) is 28.5 Å². The van der Waals surface area contributed by atoms with Gasteiger partial charge in [0, 0.05) is 18.7 Å².